The van der Waals surface area contributed by atoms with Crippen molar-refractivity contribution in [2.24, 2.45) is 5.92 Å². The van der Waals surface area contributed by atoms with Gasteiger partial charge in [-0.15, -0.1) is 6.58 Å². The molecule has 2 aliphatic heterocycles. The number of nitrogens with zero attached hydrogens (tertiary/aromatic N) is 2. The quantitative estimate of drug-likeness (QED) is 0.471. The zero-order valence-electron chi connectivity index (χ0n) is 21.4. The Kier molecular flexibility index (Phi) is 6.69. The molecule has 2 aromatic carbocycles. The highest BCUT2D eigenvalue weighted by atomic mass is 19.1. The van der Waals surface area contributed by atoms with Gasteiger partial charge in [0.15, 0.2) is 5.78 Å². The zero-order chi connectivity index (χ0) is 25.4. The first kappa shape index (κ1) is 24.6. The third kappa shape index (κ3) is 4.45. The van der Waals surface area contributed by atoms with Crippen LogP contribution in [0.3, 0.4) is 0 Å². The molecular formula is C31H35FN2O2. The predicted octanol–water partition coefficient (Wildman–Crippen LogP) is 6.41. The molecule has 0 bridgehead atoms. The van der Waals surface area contributed by atoms with E-state index < -0.39 is 0 Å². The van der Waals surface area contributed by atoms with Gasteiger partial charge in [0, 0.05) is 29.8 Å². The van der Waals surface area contributed by atoms with Gasteiger partial charge in [-0.3, -0.25) is 9.59 Å². The van der Waals surface area contributed by atoms with E-state index in [2.05, 4.69) is 11.5 Å². The van der Waals surface area contributed by atoms with Crippen LogP contribution in [0, 0.1) is 11.7 Å². The van der Waals surface area contributed by atoms with E-state index in [0.29, 0.717) is 17.7 Å². The maximum atomic E-state index is 14.4. The van der Waals surface area contributed by atoms with Crippen LogP contribution in [-0.4, -0.2) is 42.8 Å². The summed E-state index contributed by atoms with van der Waals surface area (Å²) >= 11 is 0. The Balaban J connectivity index is 0.000000848. The van der Waals surface area contributed by atoms with Crippen LogP contribution >= 0.6 is 0 Å². The van der Waals surface area contributed by atoms with Crippen LogP contribution in [0.25, 0.3) is 5.57 Å². The predicted molar refractivity (Wildman–Crippen MR) is 143 cm³/mol. The normalized spacial score (nSPS) is 22.9. The van der Waals surface area contributed by atoms with Gasteiger partial charge in [0.05, 0.1) is 5.56 Å². The Morgan fingerprint density at radius 1 is 1.19 bits per heavy atom. The number of fused-ring (bicyclic) bond motifs is 3. The molecule has 2 aromatic rings. The van der Waals surface area contributed by atoms with Crippen molar-refractivity contribution < 1.29 is 14.0 Å². The monoisotopic (exact) mass is 486 g/mol. The topological polar surface area (TPSA) is 40.6 Å². The summed E-state index contributed by atoms with van der Waals surface area (Å²) in [6.45, 7) is 10.9. The SMILES string of the molecule is C=CC.CC1=CC(=O)c2c(C(=O)N3CC4(CCCN(CC5CC5)CC4)c4cc(F)ccc43)cccc21. The van der Waals surface area contributed by atoms with Gasteiger partial charge in [0.25, 0.3) is 5.91 Å². The number of hydrogen-bond donors (Lipinski definition) is 0. The number of rotatable bonds is 3. The second-order valence-electron chi connectivity index (χ2n) is 10.8. The van der Waals surface area contributed by atoms with Crippen LogP contribution in [0.5, 0.6) is 0 Å². The second-order valence-corrected chi connectivity index (χ2v) is 10.8. The van der Waals surface area contributed by atoms with Gasteiger partial charge in [-0.05, 0) is 112 Å². The molecule has 1 atom stereocenters. The van der Waals surface area contributed by atoms with Crippen LogP contribution in [0.4, 0.5) is 10.1 Å². The lowest BCUT2D eigenvalue weighted by Gasteiger charge is -2.29. The van der Waals surface area contributed by atoms with E-state index in [9.17, 15) is 14.0 Å². The van der Waals surface area contributed by atoms with Gasteiger partial charge in [-0.2, -0.15) is 0 Å². The number of allylic oxidation sites excluding steroid dienone is 3. The molecule has 2 aliphatic carbocycles. The van der Waals surface area contributed by atoms with E-state index in [-0.39, 0.29) is 22.9 Å². The van der Waals surface area contributed by atoms with Crippen LogP contribution in [0.1, 0.15) is 77.8 Å². The molecule has 1 saturated heterocycles. The lowest BCUT2D eigenvalue weighted by atomic mass is 9.76. The van der Waals surface area contributed by atoms with E-state index >= 15 is 0 Å². The molecule has 0 aromatic heterocycles. The average molecular weight is 487 g/mol. The number of benzene rings is 2. The first-order valence-corrected chi connectivity index (χ1v) is 13.1. The smallest absolute Gasteiger partial charge is 0.259 e. The molecule has 1 spiro atoms. The Bertz CT molecular complexity index is 1250. The molecule has 1 amide bonds. The highest BCUT2D eigenvalue weighted by Crippen LogP contribution is 2.48. The summed E-state index contributed by atoms with van der Waals surface area (Å²) in [6.07, 6.45) is 8.95. The largest absolute Gasteiger partial charge is 0.307 e. The highest BCUT2D eigenvalue weighted by molar-refractivity contribution is 6.23. The number of ketones is 1. The molecule has 2 heterocycles. The number of anilines is 1. The lowest BCUT2D eigenvalue weighted by Crippen LogP contribution is -2.38. The van der Waals surface area contributed by atoms with Crippen molar-refractivity contribution >= 4 is 23.0 Å². The summed E-state index contributed by atoms with van der Waals surface area (Å²) in [6, 6.07) is 10.3. The second kappa shape index (κ2) is 9.78. The standard InChI is InChI=1S/C28H29FN2O2.C3H6/c1-18-14-25(32)26-21(18)4-2-5-22(26)27(33)31-17-28(23-15-20(29)8-9-24(23)31)10-3-12-30(13-11-28)16-19-6-7-19;1-3-2/h2,4-5,8-9,14-15,19H,3,6-7,10-13,16-17H2,1H3;3H,1H2,2H3. The zero-order valence-corrected chi connectivity index (χ0v) is 21.4. The molecule has 1 saturated carbocycles. The van der Waals surface area contributed by atoms with E-state index in [1.165, 1.54) is 25.5 Å². The molecule has 6 rings (SSSR count). The van der Waals surface area contributed by atoms with E-state index in [4.69, 9.17) is 0 Å². The van der Waals surface area contributed by atoms with Gasteiger partial charge < -0.3 is 9.80 Å². The third-order valence-electron chi connectivity index (χ3n) is 8.09. The fourth-order valence-electron chi connectivity index (χ4n) is 6.16. The minimum absolute atomic E-state index is 0.107. The molecule has 4 aliphatic rings. The van der Waals surface area contributed by atoms with Crippen molar-refractivity contribution in [3.05, 3.63) is 83.2 Å². The minimum atomic E-state index is -0.253. The molecule has 2 fully saturated rings. The van der Waals surface area contributed by atoms with E-state index in [1.807, 2.05) is 30.9 Å². The van der Waals surface area contributed by atoms with Crippen molar-refractivity contribution in [2.45, 2.75) is 51.4 Å². The van der Waals surface area contributed by atoms with Gasteiger partial charge >= 0.3 is 0 Å². The Labute approximate surface area is 213 Å². The van der Waals surface area contributed by atoms with Crippen LogP contribution in [0.2, 0.25) is 0 Å². The van der Waals surface area contributed by atoms with E-state index in [1.54, 1.807) is 30.4 Å². The Morgan fingerprint density at radius 2 is 1.97 bits per heavy atom. The average Bonchev–Trinajstić information content (AvgIpc) is 3.60. The Morgan fingerprint density at radius 3 is 2.72 bits per heavy atom. The molecule has 5 heteroatoms. The van der Waals surface area contributed by atoms with Crippen molar-refractivity contribution in [1.82, 2.24) is 4.90 Å². The van der Waals surface area contributed by atoms with Gasteiger partial charge in [-0.25, -0.2) is 4.39 Å². The summed E-state index contributed by atoms with van der Waals surface area (Å²) < 4.78 is 14.4. The summed E-state index contributed by atoms with van der Waals surface area (Å²) in [7, 11) is 0. The molecule has 4 nitrogen and oxygen atoms in total. The van der Waals surface area contributed by atoms with Crippen molar-refractivity contribution in [2.75, 3.05) is 31.1 Å². The van der Waals surface area contributed by atoms with Crippen LogP contribution in [-0.2, 0) is 5.41 Å². The summed E-state index contributed by atoms with van der Waals surface area (Å²) in [4.78, 5) is 30.9. The molecular weight excluding hydrogens is 451 g/mol. The number of carbonyl (C=O) groups excluding carboxylic acids is 2. The highest BCUT2D eigenvalue weighted by Gasteiger charge is 2.46. The fourth-order valence-corrected chi connectivity index (χ4v) is 6.16. The third-order valence-corrected chi connectivity index (χ3v) is 8.09. The maximum absolute atomic E-state index is 14.4. The summed E-state index contributed by atoms with van der Waals surface area (Å²) in [5, 5.41) is 0. The van der Waals surface area contributed by atoms with Gasteiger partial charge in [-0.1, -0.05) is 18.2 Å². The van der Waals surface area contributed by atoms with Crippen molar-refractivity contribution in [3.63, 3.8) is 0 Å². The number of hydrogen-bond acceptors (Lipinski definition) is 3. The van der Waals surface area contributed by atoms with Gasteiger partial charge in [0.1, 0.15) is 5.82 Å². The van der Waals surface area contributed by atoms with E-state index in [0.717, 1.165) is 60.7 Å². The molecule has 0 radical (unpaired) electrons. The lowest BCUT2D eigenvalue weighted by molar-refractivity contribution is 0.0970. The first-order valence-electron chi connectivity index (χ1n) is 13.1. The maximum Gasteiger partial charge on any atom is 0.259 e. The molecule has 36 heavy (non-hydrogen) atoms. The summed E-state index contributed by atoms with van der Waals surface area (Å²) in [5.41, 5.74) is 4.19. The molecule has 0 N–H and O–H groups in total. The first-order chi connectivity index (χ1) is 17.4. The fraction of sp³-hybridized carbons (Fsp3) is 0.419. The number of carbonyl (C=O) groups is 2. The number of amides is 1. The van der Waals surface area contributed by atoms with Crippen molar-refractivity contribution in [1.29, 1.82) is 0 Å². The minimum Gasteiger partial charge on any atom is -0.307 e. The number of halogens is 1. The van der Waals surface area contributed by atoms with Crippen LogP contribution in [0.15, 0.2) is 55.1 Å². The Hall–Kier alpha value is -3.05. The van der Waals surface area contributed by atoms with Crippen molar-refractivity contribution in [3.8, 4) is 0 Å². The molecule has 188 valence electrons. The van der Waals surface area contributed by atoms with Gasteiger partial charge in [0.2, 0.25) is 0 Å². The number of likely N-dealkylation sites (tertiary alicyclic amines) is 1. The van der Waals surface area contributed by atoms with Crippen LogP contribution < -0.4 is 4.90 Å². The molecule has 1 unspecified atom stereocenters. The summed E-state index contributed by atoms with van der Waals surface area (Å²) in [5.74, 6) is 0.328.